The second-order valence-corrected chi connectivity index (χ2v) is 10.4. The number of amides is 2. The molecular formula is C20H42N6O4. The first-order chi connectivity index (χ1) is 13.5. The molecule has 8 N–H and O–H groups in total. The van der Waals surface area contributed by atoms with Gasteiger partial charge in [-0.15, -0.1) is 0 Å². The van der Waals surface area contributed by atoms with E-state index in [2.05, 4.69) is 0 Å². The minimum Gasteiger partial charge on any atom is -0.444 e. The van der Waals surface area contributed by atoms with Gasteiger partial charge >= 0.3 is 12.2 Å². The minimum absolute atomic E-state index is 0.303. The minimum atomic E-state index is -0.459. The lowest BCUT2D eigenvalue weighted by molar-refractivity contribution is 0.0275. The van der Waals surface area contributed by atoms with Crippen LogP contribution in [0.2, 0.25) is 0 Å². The van der Waals surface area contributed by atoms with Crippen molar-refractivity contribution in [3.05, 3.63) is 0 Å². The summed E-state index contributed by atoms with van der Waals surface area (Å²) in [4.78, 5) is 26.6. The average molecular weight is 431 g/mol. The van der Waals surface area contributed by atoms with Gasteiger partial charge in [-0.05, 0) is 54.4 Å². The molecule has 0 aromatic carbocycles. The smallest absolute Gasteiger partial charge is 0.410 e. The number of nitrogens with two attached hydrogens (primary N) is 4. The zero-order valence-electron chi connectivity index (χ0n) is 19.5. The van der Waals surface area contributed by atoms with E-state index in [0.29, 0.717) is 39.3 Å². The fourth-order valence-electron chi connectivity index (χ4n) is 3.09. The summed E-state index contributed by atoms with van der Waals surface area (Å²) in [6.45, 7) is 14.1. The van der Waals surface area contributed by atoms with Crippen LogP contribution < -0.4 is 22.9 Å². The number of nitrogens with zero attached hydrogens (tertiary/aromatic N) is 2. The predicted molar refractivity (Wildman–Crippen MR) is 117 cm³/mol. The van der Waals surface area contributed by atoms with Crippen molar-refractivity contribution in [1.29, 1.82) is 0 Å². The van der Waals surface area contributed by atoms with Gasteiger partial charge in [0.25, 0.3) is 0 Å². The monoisotopic (exact) mass is 430 g/mol. The van der Waals surface area contributed by atoms with Crippen LogP contribution in [0, 0.1) is 0 Å². The van der Waals surface area contributed by atoms with Gasteiger partial charge in [0, 0.05) is 50.3 Å². The molecule has 2 saturated heterocycles. The number of carbonyl (C=O) groups excluding carboxylic acids is 2. The number of carbonyl (C=O) groups is 2. The van der Waals surface area contributed by atoms with Gasteiger partial charge in [-0.2, -0.15) is 0 Å². The highest BCUT2D eigenvalue weighted by atomic mass is 16.6. The highest BCUT2D eigenvalue weighted by Gasteiger charge is 2.38. The summed E-state index contributed by atoms with van der Waals surface area (Å²) in [5, 5.41) is 0. The van der Waals surface area contributed by atoms with Crippen LogP contribution in [0.15, 0.2) is 0 Å². The Balaban J connectivity index is 0.000000300. The molecule has 0 spiro atoms. The summed E-state index contributed by atoms with van der Waals surface area (Å²) in [7, 11) is 0. The summed E-state index contributed by atoms with van der Waals surface area (Å²) in [5.74, 6) is 0. The molecule has 10 heteroatoms. The van der Waals surface area contributed by atoms with E-state index >= 15 is 0 Å². The van der Waals surface area contributed by atoms with E-state index in [1.807, 2.05) is 41.5 Å². The van der Waals surface area contributed by atoms with E-state index in [1.54, 1.807) is 9.80 Å². The van der Waals surface area contributed by atoms with Gasteiger partial charge in [0.2, 0.25) is 0 Å². The molecule has 30 heavy (non-hydrogen) atoms. The lowest BCUT2D eigenvalue weighted by Gasteiger charge is -2.26. The molecule has 0 unspecified atom stereocenters. The summed E-state index contributed by atoms with van der Waals surface area (Å²) in [6.07, 6.45) is 0.873. The Morgan fingerprint density at radius 3 is 1.27 bits per heavy atom. The molecular weight excluding hydrogens is 388 g/mol. The second-order valence-electron chi connectivity index (χ2n) is 10.4. The number of likely N-dealkylation sites (tertiary alicyclic amines) is 2. The first-order valence-corrected chi connectivity index (χ1v) is 10.5. The van der Waals surface area contributed by atoms with Gasteiger partial charge in [-0.25, -0.2) is 9.59 Å². The third kappa shape index (κ3) is 8.63. The lowest BCUT2D eigenvalue weighted by atomic mass is 10.0. The third-order valence-electron chi connectivity index (χ3n) is 4.89. The SMILES string of the molecule is CC(C)(C)OC(=O)N1CC[C@@](N)(CN)C1.CC(C)(C)OC(=O)N1CC[C@](N)(CN)C1. The Kier molecular flexibility index (Phi) is 8.52. The van der Waals surface area contributed by atoms with Crippen LogP contribution in [0.4, 0.5) is 9.59 Å². The highest BCUT2D eigenvalue weighted by molar-refractivity contribution is 5.69. The molecule has 2 heterocycles. The topological polar surface area (TPSA) is 163 Å². The van der Waals surface area contributed by atoms with Crippen molar-refractivity contribution in [1.82, 2.24) is 9.80 Å². The molecule has 0 aliphatic carbocycles. The van der Waals surface area contributed by atoms with Crippen LogP contribution in [0.1, 0.15) is 54.4 Å². The Bertz CT molecular complexity index is 551. The van der Waals surface area contributed by atoms with E-state index in [0.717, 1.165) is 12.8 Å². The van der Waals surface area contributed by atoms with Crippen molar-refractivity contribution in [2.24, 2.45) is 22.9 Å². The first-order valence-electron chi connectivity index (χ1n) is 10.5. The molecule has 2 aliphatic heterocycles. The Morgan fingerprint density at radius 2 is 1.07 bits per heavy atom. The third-order valence-corrected chi connectivity index (χ3v) is 4.89. The van der Waals surface area contributed by atoms with Crippen molar-refractivity contribution in [3.8, 4) is 0 Å². The maximum absolute atomic E-state index is 11.7. The molecule has 176 valence electrons. The van der Waals surface area contributed by atoms with Gasteiger partial charge in [0.15, 0.2) is 0 Å². The van der Waals surface area contributed by atoms with Crippen LogP contribution in [0.3, 0.4) is 0 Å². The van der Waals surface area contributed by atoms with Crippen LogP contribution in [-0.4, -0.2) is 83.5 Å². The van der Waals surface area contributed by atoms with Crippen molar-refractivity contribution in [2.45, 2.75) is 76.7 Å². The van der Waals surface area contributed by atoms with Crippen molar-refractivity contribution in [2.75, 3.05) is 39.3 Å². The first kappa shape index (κ1) is 26.4. The maximum atomic E-state index is 11.7. The zero-order chi connectivity index (χ0) is 23.4. The average Bonchev–Trinajstić information content (AvgIpc) is 3.18. The molecule has 0 aromatic rings. The standard InChI is InChI=1S/2C10H21N3O2/c2*1-9(2,3)15-8(14)13-5-4-10(12,6-11)7-13/h2*4-7,11-12H2,1-3H3/t2*10-/m10/s1. The van der Waals surface area contributed by atoms with E-state index in [4.69, 9.17) is 32.4 Å². The van der Waals surface area contributed by atoms with Gasteiger partial charge in [0.05, 0.1) is 0 Å². The normalized spacial score (nSPS) is 26.9. The molecule has 2 atom stereocenters. The maximum Gasteiger partial charge on any atom is 0.410 e. The molecule has 2 amide bonds. The van der Waals surface area contributed by atoms with Crippen LogP contribution in [0.5, 0.6) is 0 Å². The second kappa shape index (κ2) is 9.67. The predicted octanol–water partition coefficient (Wildman–Crippen LogP) is 0.567. The molecule has 10 nitrogen and oxygen atoms in total. The number of hydrogen-bond donors (Lipinski definition) is 4. The van der Waals surface area contributed by atoms with Crippen LogP contribution >= 0.6 is 0 Å². The van der Waals surface area contributed by atoms with E-state index in [9.17, 15) is 9.59 Å². The summed E-state index contributed by atoms with van der Waals surface area (Å²) in [6, 6.07) is 0. The van der Waals surface area contributed by atoms with Crippen LogP contribution in [0.25, 0.3) is 0 Å². The largest absolute Gasteiger partial charge is 0.444 e. The molecule has 2 rings (SSSR count). The fraction of sp³-hybridized carbons (Fsp3) is 0.900. The van der Waals surface area contributed by atoms with E-state index in [1.165, 1.54) is 0 Å². The molecule has 0 saturated carbocycles. The molecule has 0 bridgehead atoms. The van der Waals surface area contributed by atoms with Gasteiger partial charge in [-0.1, -0.05) is 0 Å². The Morgan fingerprint density at radius 1 is 0.767 bits per heavy atom. The Labute approximate surface area is 180 Å². The highest BCUT2D eigenvalue weighted by Crippen LogP contribution is 2.21. The van der Waals surface area contributed by atoms with E-state index in [-0.39, 0.29) is 12.2 Å². The molecule has 2 fully saturated rings. The van der Waals surface area contributed by atoms with E-state index < -0.39 is 22.3 Å². The summed E-state index contributed by atoms with van der Waals surface area (Å²) >= 11 is 0. The number of hydrogen-bond acceptors (Lipinski definition) is 8. The quantitative estimate of drug-likeness (QED) is 0.494. The van der Waals surface area contributed by atoms with Crippen molar-refractivity contribution in [3.63, 3.8) is 0 Å². The van der Waals surface area contributed by atoms with Crippen molar-refractivity contribution < 1.29 is 19.1 Å². The van der Waals surface area contributed by atoms with Crippen LogP contribution in [-0.2, 0) is 9.47 Å². The lowest BCUT2D eigenvalue weighted by Crippen LogP contribution is -2.50. The van der Waals surface area contributed by atoms with Gasteiger partial charge in [0.1, 0.15) is 11.2 Å². The molecule has 0 aromatic heterocycles. The zero-order valence-corrected chi connectivity index (χ0v) is 19.5. The molecule has 2 aliphatic rings. The number of ether oxygens (including phenoxy) is 2. The molecule has 0 radical (unpaired) electrons. The summed E-state index contributed by atoms with van der Waals surface area (Å²) < 4.78 is 10.5. The summed E-state index contributed by atoms with van der Waals surface area (Å²) in [5.41, 5.74) is 21.3. The Hall–Kier alpha value is -1.62. The number of rotatable bonds is 2. The fourth-order valence-corrected chi connectivity index (χ4v) is 3.09. The van der Waals surface area contributed by atoms with Gasteiger partial charge in [-0.3, -0.25) is 0 Å². The van der Waals surface area contributed by atoms with Crippen molar-refractivity contribution >= 4 is 12.2 Å². The van der Waals surface area contributed by atoms with Gasteiger partial charge < -0.3 is 42.2 Å².